The van der Waals surface area contributed by atoms with E-state index in [9.17, 15) is 57.1 Å². The van der Waals surface area contributed by atoms with Crippen molar-refractivity contribution in [1.29, 1.82) is 0 Å². The van der Waals surface area contributed by atoms with Crippen LogP contribution >= 0.6 is 0 Å². The second-order valence-corrected chi connectivity index (χ2v) is 6.95. The number of ether oxygens (including phenoxy) is 2. The van der Waals surface area contributed by atoms with E-state index in [2.05, 4.69) is 9.47 Å². The molecule has 0 unspecified atom stereocenters. The predicted molar refractivity (Wildman–Crippen MR) is 194 cm³/mol. The SMILES string of the molecule is C.C.C.C.C.C.CCC(CC)CF.CCC(F)(CC)OC(F)(F)CF.CCC(F)(CC)OCF.CCF.CCF.CCF.CF.CF.CF. The van der Waals surface area contributed by atoms with Gasteiger partial charge in [-0.15, -0.1) is 0 Å². The summed E-state index contributed by atoms with van der Waals surface area (Å²) in [6.07, 6.45) is -2.10. The minimum Gasteiger partial charge on any atom is -0.314 e. The summed E-state index contributed by atoms with van der Waals surface area (Å²) < 4.78 is 152. The zero-order valence-corrected chi connectivity index (χ0v) is 28.3. The molecule has 0 aliphatic rings. The van der Waals surface area contributed by atoms with Crippen LogP contribution in [0.3, 0.4) is 0 Å². The Hall–Kier alpha value is -0.990. The maximum atomic E-state index is 13.1. The summed E-state index contributed by atoms with van der Waals surface area (Å²) in [7, 11) is 1.50. The van der Waals surface area contributed by atoms with E-state index < -0.39 is 31.4 Å². The minimum absolute atomic E-state index is 0. The fourth-order valence-corrected chi connectivity index (χ4v) is 1.75. The summed E-state index contributed by atoms with van der Waals surface area (Å²) in [5, 5.41) is 0. The van der Waals surface area contributed by atoms with Gasteiger partial charge in [0.25, 0.3) is 0 Å². The number of rotatable bonds is 12. The van der Waals surface area contributed by atoms with Crippen molar-refractivity contribution in [3.05, 3.63) is 0 Å². The highest BCUT2D eigenvalue weighted by atomic mass is 19.3. The quantitative estimate of drug-likeness (QED) is 0.184. The molecule has 324 valence electrons. The lowest BCUT2D eigenvalue weighted by molar-refractivity contribution is -0.336. The molecule has 0 atom stereocenters. The maximum Gasteiger partial charge on any atom is 0.386 e. The first-order valence-corrected chi connectivity index (χ1v) is 13.8. The molecule has 0 N–H and O–H groups in total. The second-order valence-electron chi connectivity index (χ2n) is 6.95. The molecule has 0 heterocycles. The monoisotopic (exact) mass is 773 g/mol. The van der Waals surface area contributed by atoms with Gasteiger partial charge in [0.15, 0.2) is 13.5 Å². The number of alkyl halides is 13. The highest BCUT2D eigenvalue weighted by Gasteiger charge is 2.41. The van der Waals surface area contributed by atoms with E-state index in [4.69, 9.17) is 0 Å². The van der Waals surface area contributed by atoms with E-state index in [-0.39, 0.29) is 96.9 Å². The van der Waals surface area contributed by atoms with Crippen molar-refractivity contribution in [2.45, 2.75) is 163 Å². The molecule has 0 aliphatic heterocycles. The minimum atomic E-state index is -4.01. The van der Waals surface area contributed by atoms with Gasteiger partial charge in [0.1, 0.15) is 0 Å². The third kappa shape index (κ3) is 106. The molecule has 0 spiro atoms. The Morgan fingerprint density at radius 3 is 0.755 bits per heavy atom. The molecule has 0 aromatic heterocycles. The molecule has 0 fully saturated rings. The number of hydrogen-bond donors (Lipinski definition) is 0. The van der Waals surface area contributed by atoms with Crippen LogP contribution in [0.4, 0.5) is 57.1 Å². The van der Waals surface area contributed by atoms with Crippen molar-refractivity contribution in [2.75, 3.05) is 61.8 Å². The second kappa shape index (κ2) is 86.0. The topological polar surface area (TPSA) is 18.5 Å². The van der Waals surface area contributed by atoms with Crippen molar-refractivity contribution in [1.82, 2.24) is 0 Å². The van der Waals surface area contributed by atoms with E-state index in [1.54, 1.807) is 13.8 Å². The fourth-order valence-electron chi connectivity index (χ4n) is 1.75. The molecule has 0 rings (SSSR count). The van der Waals surface area contributed by atoms with Crippen LogP contribution in [0.1, 0.15) is 145 Å². The first kappa shape index (κ1) is 97.4. The lowest BCUT2D eigenvalue weighted by Gasteiger charge is -2.26. The molecule has 2 nitrogen and oxygen atoms in total. The van der Waals surface area contributed by atoms with Gasteiger partial charge in [0.2, 0.25) is 11.7 Å². The standard InChI is InChI=1S/C7H12F4O.C6H12F2O.C6H13F.3C2H5F.3CH3F.6CH4/c1-3-6(9,4-2)12-7(10,11)5-8;1-3-6(8,4-2)9-5-7;1-3-6(4-2)5-7;3*1-2-3;3*1-2;;;;;;/h3-5H2,1-2H3;3-5H2,1-2H3;6H,3-5H2,1-2H3;3*2H2,1H3;3*1H3;6*1H4. The van der Waals surface area contributed by atoms with Crippen LogP contribution in [0.15, 0.2) is 0 Å². The summed E-state index contributed by atoms with van der Waals surface area (Å²) in [6.45, 7) is 10.4. The Balaban J connectivity index is -0.0000000218. The predicted octanol–water partition coefficient (Wildman–Crippen LogP) is 16.4. The van der Waals surface area contributed by atoms with Gasteiger partial charge in [0, 0.05) is 25.7 Å². The van der Waals surface area contributed by atoms with Crippen molar-refractivity contribution in [3.63, 3.8) is 0 Å². The summed E-state index contributed by atoms with van der Waals surface area (Å²) >= 11 is 0. The van der Waals surface area contributed by atoms with Crippen LogP contribution in [0.25, 0.3) is 0 Å². The van der Waals surface area contributed by atoms with Gasteiger partial charge in [-0.1, -0.05) is 98.9 Å². The molecule has 0 amide bonds. The Bertz CT molecular complexity index is 381. The average molecular weight is 773 g/mol. The van der Waals surface area contributed by atoms with Crippen molar-refractivity contribution < 1.29 is 66.5 Å². The van der Waals surface area contributed by atoms with Gasteiger partial charge in [-0.2, -0.15) is 8.78 Å². The zero-order valence-electron chi connectivity index (χ0n) is 28.3. The molecule has 0 aromatic rings. The number of halogens is 13. The van der Waals surface area contributed by atoms with Crippen LogP contribution in [0.5, 0.6) is 0 Å². The largest absolute Gasteiger partial charge is 0.386 e. The first-order valence-electron chi connectivity index (χ1n) is 13.8. The summed E-state index contributed by atoms with van der Waals surface area (Å²) in [5.74, 6) is -3.84. The highest BCUT2D eigenvalue weighted by molar-refractivity contribution is 4.66. The third-order valence-electron chi connectivity index (χ3n) is 4.29. The first-order chi connectivity index (χ1) is 20.2. The molecule has 0 radical (unpaired) electrons. The van der Waals surface area contributed by atoms with Gasteiger partial charge in [0.05, 0.1) is 48.2 Å². The summed E-state index contributed by atoms with van der Waals surface area (Å²) in [6, 6.07) is 0. The molecule has 0 bridgehead atoms. The van der Waals surface area contributed by atoms with Crippen molar-refractivity contribution in [2.24, 2.45) is 5.92 Å². The summed E-state index contributed by atoms with van der Waals surface area (Å²) in [5.41, 5.74) is 0. The molecule has 49 heavy (non-hydrogen) atoms. The van der Waals surface area contributed by atoms with Gasteiger partial charge in [-0.25, -0.2) is 17.6 Å². The van der Waals surface area contributed by atoms with E-state index in [1.807, 2.05) is 13.8 Å². The Morgan fingerprint density at radius 2 is 0.673 bits per heavy atom. The molecule has 0 aliphatic carbocycles. The van der Waals surface area contributed by atoms with Crippen LogP contribution in [-0.4, -0.2) is 79.6 Å². The molecule has 0 saturated heterocycles. The highest BCUT2D eigenvalue weighted by Crippen LogP contribution is 2.30. The number of hydrogen-bond acceptors (Lipinski definition) is 2. The fraction of sp³-hybridized carbons (Fsp3) is 1.00. The van der Waals surface area contributed by atoms with Gasteiger partial charge in [-0.3, -0.25) is 35.5 Å². The normalized spacial score (nSPS) is 8.45. The van der Waals surface area contributed by atoms with Crippen LogP contribution in [-0.2, 0) is 9.47 Å². The molecule has 15 heteroatoms. The maximum absolute atomic E-state index is 13.1. The molecule has 0 saturated carbocycles. The zero-order chi connectivity index (χ0) is 37.0. The van der Waals surface area contributed by atoms with Crippen LogP contribution < -0.4 is 0 Å². The smallest absolute Gasteiger partial charge is 0.314 e. The molecule has 0 aromatic carbocycles. The lowest BCUT2D eigenvalue weighted by atomic mass is 10.1. The molecular formula is C34H85F13O2. The van der Waals surface area contributed by atoms with E-state index >= 15 is 0 Å². The van der Waals surface area contributed by atoms with Crippen LogP contribution in [0, 0.1) is 5.92 Å². The van der Waals surface area contributed by atoms with Gasteiger partial charge in [-0.05, 0) is 26.7 Å². The third-order valence-corrected chi connectivity index (χ3v) is 4.29. The van der Waals surface area contributed by atoms with Crippen LogP contribution in [0.2, 0.25) is 0 Å². The van der Waals surface area contributed by atoms with E-state index in [1.165, 1.54) is 34.6 Å². The van der Waals surface area contributed by atoms with Gasteiger partial charge < -0.3 is 4.74 Å². The van der Waals surface area contributed by atoms with E-state index in [0.717, 1.165) is 12.8 Å². The Labute approximate surface area is 297 Å². The van der Waals surface area contributed by atoms with Crippen molar-refractivity contribution in [3.8, 4) is 0 Å². The Kier molecular flexibility index (Phi) is 171. The lowest BCUT2D eigenvalue weighted by Crippen LogP contribution is -2.36. The summed E-state index contributed by atoms with van der Waals surface area (Å²) in [4.78, 5) is 0. The average Bonchev–Trinajstić information content (AvgIpc) is 3.02. The van der Waals surface area contributed by atoms with E-state index in [0.29, 0.717) is 27.5 Å². The Morgan fingerprint density at radius 1 is 0.449 bits per heavy atom. The van der Waals surface area contributed by atoms with Crippen molar-refractivity contribution >= 4 is 0 Å². The molecular weight excluding hydrogens is 687 g/mol. The van der Waals surface area contributed by atoms with Gasteiger partial charge >= 0.3 is 6.11 Å².